The van der Waals surface area contributed by atoms with Gasteiger partial charge in [0.05, 0.1) is 11.1 Å². The molecule has 2 atom stereocenters. The second-order valence-corrected chi connectivity index (χ2v) is 8.38. The molecule has 27 heavy (non-hydrogen) atoms. The highest BCUT2D eigenvalue weighted by Crippen LogP contribution is 2.24. The predicted molar refractivity (Wildman–Crippen MR) is 103 cm³/mol. The summed E-state index contributed by atoms with van der Waals surface area (Å²) in [4.78, 5) is 36.6. The molecule has 0 spiro atoms. The first kappa shape index (κ1) is 23.4. The van der Waals surface area contributed by atoms with Crippen LogP contribution in [-0.2, 0) is 19.6 Å². The Labute approximate surface area is 169 Å². The van der Waals surface area contributed by atoms with Gasteiger partial charge in [-0.05, 0) is 31.5 Å². The number of benzene rings is 1. The van der Waals surface area contributed by atoms with E-state index in [1.54, 1.807) is 0 Å². The normalized spacial score (nSPS) is 19.1. The van der Waals surface area contributed by atoms with Gasteiger partial charge in [-0.25, -0.2) is 13.1 Å². The molecular formula is C16H21Cl2N3O5S. The molecule has 2 rings (SSSR count). The van der Waals surface area contributed by atoms with Crippen molar-refractivity contribution in [3.63, 3.8) is 0 Å². The highest BCUT2D eigenvalue weighted by molar-refractivity contribution is 7.90. The van der Waals surface area contributed by atoms with Crippen LogP contribution in [0.3, 0.4) is 0 Å². The minimum atomic E-state index is -4.27. The standard InChI is InChI=1S/C16H20ClN3O5S.ClH/c1-9(21)11-6-13(18-8-11)15(22)19-26(24,25)14-7-10(4-5-12(14)17)16(23)20(2)3;/h4-5,7,11,13,18H,6,8H2,1-3H3,(H,19,22);1H. The quantitative estimate of drug-likeness (QED) is 0.705. The predicted octanol–water partition coefficient (Wildman–Crippen LogP) is 0.836. The van der Waals surface area contributed by atoms with Crippen LogP contribution in [0.15, 0.2) is 23.1 Å². The number of nitrogens with one attached hydrogen (secondary N) is 2. The molecule has 1 saturated heterocycles. The average molecular weight is 438 g/mol. The van der Waals surface area contributed by atoms with E-state index >= 15 is 0 Å². The Morgan fingerprint density at radius 1 is 1.26 bits per heavy atom. The number of carbonyl (C=O) groups excluding carboxylic acids is 3. The molecule has 0 saturated carbocycles. The van der Waals surface area contributed by atoms with Crippen molar-refractivity contribution >= 4 is 51.6 Å². The summed E-state index contributed by atoms with van der Waals surface area (Å²) in [6.45, 7) is 1.75. The first-order chi connectivity index (χ1) is 12.0. The fourth-order valence-electron chi connectivity index (χ4n) is 2.60. The number of hydrogen-bond donors (Lipinski definition) is 2. The lowest BCUT2D eigenvalue weighted by Crippen LogP contribution is -2.43. The summed E-state index contributed by atoms with van der Waals surface area (Å²) in [6, 6.07) is 3.03. The Kier molecular flexibility index (Phi) is 7.79. The van der Waals surface area contributed by atoms with Gasteiger partial charge in [0.25, 0.3) is 21.8 Å². The third-order valence-electron chi connectivity index (χ3n) is 4.13. The van der Waals surface area contributed by atoms with Gasteiger partial charge in [0, 0.05) is 32.1 Å². The third-order valence-corrected chi connectivity index (χ3v) is 5.96. The van der Waals surface area contributed by atoms with E-state index in [9.17, 15) is 22.8 Å². The van der Waals surface area contributed by atoms with Crippen molar-refractivity contribution in [2.45, 2.75) is 24.3 Å². The first-order valence-electron chi connectivity index (χ1n) is 7.84. The van der Waals surface area contributed by atoms with Crippen LogP contribution < -0.4 is 10.0 Å². The average Bonchev–Trinajstić information content (AvgIpc) is 3.04. The molecule has 1 aromatic rings. The maximum atomic E-state index is 12.5. The van der Waals surface area contributed by atoms with Crippen LogP contribution >= 0.6 is 24.0 Å². The lowest BCUT2D eigenvalue weighted by molar-refractivity contribution is -0.121. The summed E-state index contributed by atoms with van der Waals surface area (Å²) in [6.07, 6.45) is 0.226. The van der Waals surface area contributed by atoms with Crippen molar-refractivity contribution in [2.24, 2.45) is 5.92 Å². The van der Waals surface area contributed by atoms with Gasteiger partial charge in [0.2, 0.25) is 0 Å². The minimum Gasteiger partial charge on any atom is -0.345 e. The molecule has 0 bridgehead atoms. The second-order valence-electron chi connectivity index (χ2n) is 6.32. The van der Waals surface area contributed by atoms with E-state index in [4.69, 9.17) is 11.6 Å². The Morgan fingerprint density at radius 2 is 1.89 bits per heavy atom. The van der Waals surface area contributed by atoms with Gasteiger partial charge in [-0.3, -0.25) is 14.4 Å². The fourth-order valence-corrected chi connectivity index (χ4v) is 4.15. The summed E-state index contributed by atoms with van der Waals surface area (Å²) in [7, 11) is -1.21. The first-order valence-corrected chi connectivity index (χ1v) is 9.70. The third kappa shape index (κ3) is 5.41. The second kappa shape index (κ2) is 9.01. The number of sulfonamides is 1. The molecule has 2 N–H and O–H groups in total. The fraction of sp³-hybridized carbons (Fsp3) is 0.438. The summed E-state index contributed by atoms with van der Waals surface area (Å²) >= 11 is 5.96. The molecule has 1 aromatic carbocycles. The number of rotatable bonds is 5. The van der Waals surface area contributed by atoms with Crippen molar-refractivity contribution in [3.05, 3.63) is 28.8 Å². The molecule has 8 nitrogen and oxygen atoms in total. The zero-order chi connectivity index (χ0) is 19.6. The molecule has 0 aliphatic carbocycles. The van der Waals surface area contributed by atoms with Crippen LogP contribution in [0.25, 0.3) is 0 Å². The summed E-state index contributed by atoms with van der Waals surface area (Å²) < 4.78 is 27.0. The van der Waals surface area contributed by atoms with Gasteiger partial charge in [-0.15, -0.1) is 12.4 Å². The zero-order valence-corrected chi connectivity index (χ0v) is 17.4. The number of amides is 2. The van der Waals surface area contributed by atoms with E-state index in [1.807, 2.05) is 4.72 Å². The van der Waals surface area contributed by atoms with E-state index in [0.29, 0.717) is 6.54 Å². The van der Waals surface area contributed by atoms with Gasteiger partial charge in [0.15, 0.2) is 0 Å². The molecule has 0 radical (unpaired) electrons. The summed E-state index contributed by atoms with van der Waals surface area (Å²) in [5.41, 5.74) is 0.128. The van der Waals surface area contributed by atoms with Crippen molar-refractivity contribution < 1.29 is 22.8 Å². The Morgan fingerprint density at radius 3 is 2.41 bits per heavy atom. The van der Waals surface area contributed by atoms with E-state index in [-0.39, 0.29) is 46.0 Å². The highest BCUT2D eigenvalue weighted by atomic mass is 35.5. The molecule has 0 aromatic heterocycles. The smallest absolute Gasteiger partial charge is 0.265 e. The molecule has 1 fully saturated rings. The maximum absolute atomic E-state index is 12.5. The molecule has 150 valence electrons. The molecule has 1 aliphatic rings. The number of halogens is 2. The lowest BCUT2D eigenvalue weighted by Gasteiger charge is -2.14. The monoisotopic (exact) mass is 437 g/mol. The van der Waals surface area contributed by atoms with Gasteiger partial charge in [-0.2, -0.15) is 0 Å². The highest BCUT2D eigenvalue weighted by Gasteiger charge is 2.34. The van der Waals surface area contributed by atoms with Crippen LogP contribution in [-0.4, -0.2) is 57.6 Å². The Hall–Kier alpha value is -1.68. The summed E-state index contributed by atoms with van der Waals surface area (Å²) in [5, 5.41) is 2.72. The van der Waals surface area contributed by atoms with Gasteiger partial charge in [-0.1, -0.05) is 11.6 Å². The number of carbonyl (C=O) groups is 3. The number of Topliss-reactive ketones (excluding diaryl/α,β-unsaturated/α-hetero) is 1. The summed E-state index contributed by atoms with van der Waals surface area (Å²) in [5.74, 6) is -1.55. The number of hydrogen-bond acceptors (Lipinski definition) is 6. The van der Waals surface area contributed by atoms with E-state index in [1.165, 1.54) is 38.1 Å². The molecule has 1 aliphatic heterocycles. The maximum Gasteiger partial charge on any atom is 0.265 e. The van der Waals surface area contributed by atoms with Gasteiger partial charge >= 0.3 is 0 Å². The van der Waals surface area contributed by atoms with Crippen molar-refractivity contribution in [3.8, 4) is 0 Å². The Bertz CT molecular complexity index is 858. The van der Waals surface area contributed by atoms with Crippen LogP contribution in [0.1, 0.15) is 23.7 Å². The molecule has 2 amide bonds. The SMILES string of the molecule is CC(=O)C1CNC(C(=O)NS(=O)(=O)c2cc(C(=O)N(C)C)ccc2Cl)C1.Cl. The number of ketones is 1. The van der Waals surface area contributed by atoms with Crippen LogP contribution in [0, 0.1) is 5.92 Å². The largest absolute Gasteiger partial charge is 0.345 e. The van der Waals surface area contributed by atoms with Crippen molar-refractivity contribution in [1.82, 2.24) is 14.9 Å². The van der Waals surface area contributed by atoms with Gasteiger partial charge in [0.1, 0.15) is 10.7 Å². The van der Waals surface area contributed by atoms with Crippen molar-refractivity contribution in [2.75, 3.05) is 20.6 Å². The molecule has 11 heteroatoms. The van der Waals surface area contributed by atoms with Crippen molar-refractivity contribution in [1.29, 1.82) is 0 Å². The lowest BCUT2D eigenvalue weighted by atomic mass is 10.0. The molecule has 1 heterocycles. The van der Waals surface area contributed by atoms with E-state index < -0.39 is 27.9 Å². The topological polar surface area (TPSA) is 113 Å². The zero-order valence-electron chi connectivity index (χ0n) is 15.0. The van der Waals surface area contributed by atoms with Gasteiger partial charge < -0.3 is 10.2 Å². The van der Waals surface area contributed by atoms with E-state index in [0.717, 1.165) is 6.07 Å². The van der Waals surface area contributed by atoms with Crippen LogP contribution in [0.4, 0.5) is 0 Å². The van der Waals surface area contributed by atoms with Crippen LogP contribution in [0.5, 0.6) is 0 Å². The number of nitrogens with zero attached hydrogens (tertiary/aromatic N) is 1. The van der Waals surface area contributed by atoms with Crippen LogP contribution in [0.2, 0.25) is 5.02 Å². The minimum absolute atomic E-state index is 0. The molecular weight excluding hydrogens is 417 g/mol. The van der Waals surface area contributed by atoms with E-state index in [2.05, 4.69) is 5.32 Å². The Balaban J connectivity index is 0.00000364. The molecule has 2 unspecified atom stereocenters.